The van der Waals surface area contributed by atoms with Crippen molar-refractivity contribution in [2.75, 3.05) is 6.61 Å². The van der Waals surface area contributed by atoms with Gasteiger partial charge >= 0.3 is 11.9 Å². The highest BCUT2D eigenvalue weighted by Crippen LogP contribution is 2.09. The van der Waals surface area contributed by atoms with Gasteiger partial charge in [0.15, 0.2) is 0 Å². The number of carbonyl (C=O) groups excluding carboxylic acids is 2. The molecular formula is C20H38O4. The molecule has 0 bridgehead atoms. The van der Waals surface area contributed by atoms with Crippen LogP contribution in [0.3, 0.4) is 0 Å². The van der Waals surface area contributed by atoms with E-state index in [-0.39, 0.29) is 18.0 Å². The smallest absolute Gasteiger partial charge is 0.306 e. The first-order chi connectivity index (χ1) is 11.6. The molecule has 0 aliphatic carbocycles. The maximum Gasteiger partial charge on any atom is 0.306 e. The minimum atomic E-state index is -0.189. The van der Waals surface area contributed by atoms with E-state index in [1.807, 2.05) is 6.92 Å². The molecule has 24 heavy (non-hydrogen) atoms. The summed E-state index contributed by atoms with van der Waals surface area (Å²) in [6.45, 7) is 6.54. The molecular weight excluding hydrogens is 304 g/mol. The Hall–Kier alpha value is -1.06. The third kappa shape index (κ3) is 15.8. The number of ether oxygens (including phenoxy) is 2. The van der Waals surface area contributed by atoms with Crippen LogP contribution in [-0.4, -0.2) is 24.6 Å². The molecule has 0 heterocycles. The lowest BCUT2D eigenvalue weighted by Gasteiger charge is -2.13. The van der Waals surface area contributed by atoms with E-state index >= 15 is 0 Å². The third-order valence-corrected chi connectivity index (χ3v) is 4.09. The average molecular weight is 343 g/mol. The van der Waals surface area contributed by atoms with Gasteiger partial charge in [0.2, 0.25) is 0 Å². The maximum atomic E-state index is 11.7. The molecule has 0 aromatic carbocycles. The quantitative estimate of drug-likeness (QED) is 0.272. The minimum Gasteiger partial charge on any atom is -0.466 e. The molecule has 0 saturated heterocycles. The second kappa shape index (κ2) is 16.8. The van der Waals surface area contributed by atoms with Gasteiger partial charge < -0.3 is 9.47 Å². The standard InChI is InChI=1S/C20H38O4/c1-4-6-8-10-12-14-19(21)23-17-16-18(3)24-20(22)15-13-11-9-7-5-2/h18H,4-17H2,1-3H3/t18-/m1/s1. The minimum absolute atomic E-state index is 0.138. The van der Waals surface area contributed by atoms with Crippen molar-refractivity contribution < 1.29 is 19.1 Å². The highest BCUT2D eigenvalue weighted by molar-refractivity contribution is 5.69. The van der Waals surface area contributed by atoms with Crippen LogP contribution in [-0.2, 0) is 19.1 Å². The summed E-state index contributed by atoms with van der Waals surface area (Å²) in [6.07, 6.45) is 12.6. The van der Waals surface area contributed by atoms with E-state index in [4.69, 9.17) is 9.47 Å². The van der Waals surface area contributed by atoms with Gasteiger partial charge in [-0.15, -0.1) is 0 Å². The van der Waals surface area contributed by atoms with Crippen LogP contribution in [0.2, 0.25) is 0 Å². The molecule has 0 spiro atoms. The first kappa shape index (κ1) is 22.9. The molecule has 0 aromatic heterocycles. The Morgan fingerprint density at radius 2 is 1.25 bits per heavy atom. The van der Waals surface area contributed by atoms with Crippen molar-refractivity contribution in [2.24, 2.45) is 0 Å². The van der Waals surface area contributed by atoms with Crippen LogP contribution in [0.15, 0.2) is 0 Å². The predicted octanol–water partition coefficient (Wildman–Crippen LogP) is 5.57. The molecule has 4 heteroatoms. The monoisotopic (exact) mass is 342 g/mol. The Kier molecular flexibility index (Phi) is 16.0. The van der Waals surface area contributed by atoms with Gasteiger partial charge in [0.25, 0.3) is 0 Å². The highest BCUT2D eigenvalue weighted by atomic mass is 16.6. The van der Waals surface area contributed by atoms with Gasteiger partial charge in [-0.2, -0.15) is 0 Å². The number of rotatable bonds is 16. The summed E-state index contributed by atoms with van der Waals surface area (Å²) in [6, 6.07) is 0. The molecule has 1 atom stereocenters. The van der Waals surface area contributed by atoms with Crippen molar-refractivity contribution in [3.05, 3.63) is 0 Å². The van der Waals surface area contributed by atoms with Gasteiger partial charge in [-0.25, -0.2) is 0 Å². The average Bonchev–Trinajstić information content (AvgIpc) is 2.54. The van der Waals surface area contributed by atoms with Crippen LogP contribution in [0.1, 0.15) is 104 Å². The number of esters is 2. The summed E-state index contributed by atoms with van der Waals surface area (Å²) in [5, 5.41) is 0. The number of hydrogen-bond acceptors (Lipinski definition) is 4. The number of hydrogen-bond donors (Lipinski definition) is 0. The van der Waals surface area contributed by atoms with E-state index in [0.29, 0.717) is 25.9 Å². The van der Waals surface area contributed by atoms with Crippen LogP contribution >= 0.6 is 0 Å². The van der Waals surface area contributed by atoms with Crippen molar-refractivity contribution in [1.82, 2.24) is 0 Å². The lowest BCUT2D eigenvalue weighted by molar-refractivity contribution is -0.150. The van der Waals surface area contributed by atoms with Gasteiger partial charge in [-0.05, 0) is 19.8 Å². The summed E-state index contributed by atoms with van der Waals surface area (Å²) in [5.41, 5.74) is 0. The van der Waals surface area contributed by atoms with Gasteiger partial charge in [-0.3, -0.25) is 9.59 Å². The lowest BCUT2D eigenvalue weighted by Crippen LogP contribution is -2.18. The molecule has 0 rings (SSSR count). The van der Waals surface area contributed by atoms with Gasteiger partial charge in [0.05, 0.1) is 6.61 Å². The van der Waals surface area contributed by atoms with Crippen LogP contribution in [0.25, 0.3) is 0 Å². The van der Waals surface area contributed by atoms with Crippen LogP contribution in [0, 0.1) is 0 Å². The largest absolute Gasteiger partial charge is 0.466 e. The third-order valence-electron chi connectivity index (χ3n) is 4.09. The molecule has 0 fully saturated rings. The van der Waals surface area contributed by atoms with Crippen LogP contribution in [0.5, 0.6) is 0 Å². The molecule has 0 aromatic rings. The van der Waals surface area contributed by atoms with Crippen molar-refractivity contribution in [1.29, 1.82) is 0 Å². The van der Waals surface area contributed by atoms with E-state index in [1.165, 1.54) is 38.5 Å². The second-order valence-electron chi connectivity index (χ2n) is 6.64. The van der Waals surface area contributed by atoms with E-state index < -0.39 is 0 Å². The summed E-state index contributed by atoms with van der Waals surface area (Å²) in [5.74, 6) is -0.276. The van der Waals surface area contributed by atoms with Gasteiger partial charge in [-0.1, -0.05) is 65.2 Å². The van der Waals surface area contributed by atoms with Crippen molar-refractivity contribution in [3.8, 4) is 0 Å². The van der Waals surface area contributed by atoms with E-state index in [2.05, 4.69) is 13.8 Å². The Labute approximate surface area is 148 Å². The Balaban J connectivity index is 3.51. The number of unbranched alkanes of at least 4 members (excludes halogenated alkanes) is 8. The molecule has 142 valence electrons. The maximum absolute atomic E-state index is 11.7. The zero-order valence-electron chi connectivity index (χ0n) is 16.1. The molecule has 0 aliphatic rings. The lowest BCUT2D eigenvalue weighted by atomic mass is 10.1. The Morgan fingerprint density at radius 1 is 0.750 bits per heavy atom. The van der Waals surface area contributed by atoms with Gasteiger partial charge in [0.1, 0.15) is 6.10 Å². The first-order valence-corrected chi connectivity index (χ1v) is 9.95. The van der Waals surface area contributed by atoms with Crippen molar-refractivity contribution in [2.45, 2.75) is 110 Å². The first-order valence-electron chi connectivity index (χ1n) is 9.95. The summed E-state index contributed by atoms with van der Waals surface area (Å²) in [4.78, 5) is 23.3. The van der Waals surface area contributed by atoms with Crippen LogP contribution in [0.4, 0.5) is 0 Å². The van der Waals surface area contributed by atoms with E-state index in [0.717, 1.165) is 25.7 Å². The summed E-state index contributed by atoms with van der Waals surface area (Å²) < 4.78 is 10.5. The second-order valence-corrected chi connectivity index (χ2v) is 6.64. The fraction of sp³-hybridized carbons (Fsp3) is 0.900. The van der Waals surface area contributed by atoms with E-state index in [9.17, 15) is 9.59 Å². The Morgan fingerprint density at radius 3 is 1.79 bits per heavy atom. The molecule has 0 radical (unpaired) electrons. The fourth-order valence-corrected chi connectivity index (χ4v) is 2.50. The molecule has 0 amide bonds. The SMILES string of the molecule is CCCCCCCC(=O)OCC[C@@H](C)OC(=O)CCCCCCC. The summed E-state index contributed by atoms with van der Waals surface area (Å²) >= 11 is 0. The predicted molar refractivity (Wildman–Crippen MR) is 97.9 cm³/mol. The number of carbonyl (C=O) groups is 2. The zero-order valence-corrected chi connectivity index (χ0v) is 16.1. The zero-order chi connectivity index (χ0) is 18.0. The fourth-order valence-electron chi connectivity index (χ4n) is 2.50. The molecule has 0 unspecified atom stereocenters. The van der Waals surface area contributed by atoms with Crippen molar-refractivity contribution >= 4 is 11.9 Å². The molecule has 0 N–H and O–H groups in total. The topological polar surface area (TPSA) is 52.6 Å². The van der Waals surface area contributed by atoms with Gasteiger partial charge in [0, 0.05) is 19.3 Å². The normalized spacial score (nSPS) is 12.0. The molecule has 4 nitrogen and oxygen atoms in total. The van der Waals surface area contributed by atoms with Crippen LogP contribution < -0.4 is 0 Å². The highest BCUT2D eigenvalue weighted by Gasteiger charge is 2.10. The molecule has 0 saturated carbocycles. The Bertz CT molecular complexity index is 315. The van der Waals surface area contributed by atoms with Crippen molar-refractivity contribution in [3.63, 3.8) is 0 Å². The molecule has 0 aliphatic heterocycles. The van der Waals surface area contributed by atoms with E-state index in [1.54, 1.807) is 0 Å². The summed E-state index contributed by atoms with van der Waals surface area (Å²) in [7, 11) is 0.